The first kappa shape index (κ1) is 18.3. The van der Waals surface area contributed by atoms with Crippen LogP contribution in [0.4, 0.5) is 21.7 Å². The van der Waals surface area contributed by atoms with E-state index in [0.717, 1.165) is 12.4 Å². The number of aromatic nitrogens is 2. The minimum atomic E-state index is -0.703. The summed E-state index contributed by atoms with van der Waals surface area (Å²) in [5.74, 6) is -0.0977. The molecule has 1 aromatic carbocycles. The maximum Gasteiger partial charge on any atom is 0.254 e. The van der Waals surface area contributed by atoms with Gasteiger partial charge < -0.3 is 9.80 Å². The van der Waals surface area contributed by atoms with Gasteiger partial charge in [-0.1, -0.05) is 10.9 Å². The van der Waals surface area contributed by atoms with Gasteiger partial charge in [0, 0.05) is 31.9 Å². The molecule has 8 radical (unpaired) electrons. The third kappa shape index (κ3) is 3.15. The lowest BCUT2D eigenvalue weighted by Gasteiger charge is -2.38. The predicted octanol–water partition coefficient (Wildman–Crippen LogP) is -2.97. The van der Waals surface area contributed by atoms with Crippen molar-refractivity contribution >= 4 is 70.6 Å². The second-order valence-corrected chi connectivity index (χ2v) is 5.78. The maximum absolute atomic E-state index is 12.9. The molecule has 1 fully saturated rings. The number of nitro benzene ring substituents is 1. The summed E-state index contributed by atoms with van der Waals surface area (Å²) in [5, 5.41) is 11.1. The summed E-state index contributed by atoms with van der Waals surface area (Å²) in [6.07, 6.45) is 2.20. The Labute approximate surface area is 154 Å². The van der Waals surface area contributed by atoms with E-state index in [9.17, 15) is 14.5 Å². The minimum Gasteiger partial charge on any atom is -0.369 e. The summed E-state index contributed by atoms with van der Waals surface area (Å²) in [5.41, 5.74) is -0.473. The van der Waals surface area contributed by atoms with E-state index in [1.54, 1.807) is 0 Å². The number of hydrogen-bond donors (Lipinski definition) is 0. The van der Waals surface area contributed by atoms with Crippen LogP contribution < -0.4 is 31.7 Å². The largest absolute Gasteiger partial charge is 0.369 e. The zero-order valence-corrected chi connectivity index (χ0v) is 13.7. The molecule has 1 aromatic heterocycles. The predicted molar refractivity (Wildman–Crippen MR) is 101 cm³/mol. The number of nitrogens with zero attached hydrogens (tertiary/aromatic N) is 5. The molecule has 1 aliphatic rings. The molecule has 0 bridgehead atoms. The first-order valence-electron chi connectivity index (χ1n) is 7.69. The lowest BCUT2D eigenvalue weighted by molar-refractivity contribution is -0.382. The van der Waals surface area contributed by atoms with Gasteiger partial charge in [0.15, 0.2) is 5.82 Å². The van der Waals surface area contributed by atoms with Gasteiger partial charge in [0.25, 0.3) is 5.69 Å². The van der Waals surface area contributed by atoms with Crippen molar-refractivity contribution in [1.29, 1.82) is 0 Å². The molecule has 0 atom stereocenters. The summed E-state index contributed by atoms with van der Waals surface area (Å²) < 4.78 is 12.9. The highest BCUT2D eigenvalue weighted by Gasteiger charge is 2.26. The summed E-state index contributed by atoms with van der Waals surface area (Å²) in [7, 11) is 23.6. The van der Waals surface area contributed by atoms with Gasteiger partial charge in [-0.2, -0.15) is 0 Å². The van der Waals surface area contributed by atoms with Crippen LogP contribution in [0.1, 0.15) is 0 Å². The average Bonchev–Trinajstić information content (AvgIpc) is 2.61. The normalized spacial score (nSPS) is 14.5. The van der Waals surface area contributed by atoms with Crippen molar-refractivity contribution in [2.24, 2.45) is 0 Å². The van der Waals surface area contributed by atoms with Gasteiger partial charge >= 0.3 is 0 Å². The third-order valence-electron chi connectivity index (χ3n) is 4.27. The minimum absolute atomic E-state index is 0.0230. The van der Waals surface area contributed by atoms with Crippen LogP contribution in [0.25, 0.3) is 0 Å². The van der Waals surface area contributed by atoms with Gasteiger partial charge in [-0.15, -0.1) is 0 Å². The lowest BCUT2D eigenvalue weighted by atomic mass is 9.67. The van der Waals surface area contributed by atoms with Crippen LogP contribution in [0.5, 0.6) is 0 Å². The highest BCUT2D eigenvalue weighted by Crippen LogP contribution is 2.15. The van der Waals surface area contributed by atoms with Crippen molar-refractivity contribution in [2.75, 3.05) is 36.0 Å². The van der Waals surface area contributed by atoms with Gasteiger partial charge in [0.2, 0.25) is 5.95 Å². The number of benzene rings is 1. The number of rotatable bonds is 3. The standard InChI is InChI=1S/C14H10B4FN5O2/c15-8-10(17)13(24(25)26)11(18)9(16)12(8)22-1-3-23(4-2-22)14-20-5-7(19)6-21-14/h5-6H,1-4H2. The van der Waals surface area contributed by atoms with Gasteiger partial charge in [0.05, 0.1) is 17.3 Å². The topological polar surface area (TPSA) is 75.4 Å². The molecule has 0 spiro atoms. The molecule has 0 aliphatic carbocycles. The van der Waals surface area contributed by atoms with E-state index in [1.165, 1.54) is 0 Å². The Bertz CT molecular complexity index is 830. The fraction of sp³-hybridized carbons (Fsp3) is 0.286. The Morgan fingerprint density at radius 2 is 1.38 bits per heavy atom. The zero-order valence-electron chi connectivity index (χ0n) is 13.7. The van der Waals surface area contributed by atoms with Crippen molar-refractivity contribution in [1.82, 2.24) is 9.97 Å². The number of halogens is 1. The van der Waals surface area contributed by atoms with Crippen LogP contribution in [-0.4, -0.2) is 72.5 Å². The summed E-state index contributed by atoms with van der Waals surface area (Å²) in [6, 6.07) is 0. The lowest BCUT2D eigenvalue weighted by Crippen LogP contribution is -2.54. The molecule has 26 heavy (non-hydrogen) atoms. The molecule has 7 nitrogen and oxygen atoms in total. The summed E-state index contributed by atoms with van der Waals surface area (Å²) in [6.45, 7) is 1.99. The Morgan fingerprint density at radius 1 is 0.923 bits per heavy atom. The van der Waals surface area contributed by atoms with Crippen molar-refractivity contribution in [3.8, 4) is 0 Å². The van der Waals surface area contributed by atoms with E-state index in [-0.39, 0.29) is 21.9 Å². The summed E-state index contributed by atoms with van der Waals surface area (Å²) >= 11 is 0. The maximum atomic E-state index is 12.9. The van der Waals surface area contributed by atoms with Crippen molar-refractivity contribution < 1.29 is 9.31 Å². The number of nitro groups is 1. The van der Waals surface area contributed by atoms with E-state index in [0.29, 0.717) is 37.8 Å². The Hall–Kier alpha value is -2.51. The van der Waals surface area contributed by atoms with Gasteiger partial charge in [-0.3, -0.25) is 10.1 Å². The first-order valence-corrected chi connectivity index (χ1v) is 7.69. The van der Waals surface area contributed by atoms with Gasteiger partial charge in [0.1, 0.15) is 31.4 Å². The Morgan fingerprint density at radius 3 is 1.85 bits per heavy atom. The van der Waals surface area contributed by atoms with Crippen molar-refractivity contribution in [2.45, 2.75) is 0 Å². The molecule has 2 aromatic rings. The SMILES string of the molecule is [B]c1c([B])c([N+](=O)[O-])c([B])c([B])c1N1CCN(c2ncc(F)cn2)CC1. The average molecular weight is 343 g/mol. The quantitative estimate of drug-likeness (QED) is 0.337. The van der Waals surface area contributed by atoms with Crippen molar-refractivity contribution in [3.05, 3.63) is 28.3 Å². The number of piperazine rings is 1. The molecule has 3 rings (SSSR count). The van der Waals surface area contributed by atoms with Crippen LogP contribution in [0.3, 0.4) is 0 Å². The van der Waals surface area contributed by atoms with Gasteiger partial charge in [-0.05, 0) is 10.9 Å². The summed E-state index contributed by atoms with van der Waals surface area (Å²) in [4.78, 5) is 22.1. The van der Waals surface area contributed by atoms with Crippen LogP contribution in [0, 0.1) is 15.9 Å². The second kappa shape index (κ2) is 7.01. The molecule has 122 valence electrons. The van der Waals surface area contributed by atoms with E-state index >= 15 is 0 Å². The molecule has 1 saturated heterocycles. The zero-order chi connectivity index (χ0) is 19.0. The van der Waals surface area contributed by atoms with Crippen molar-refractivity contribution in [3.63, 3.8) is 0 Å². The third-order valence-corrected chi connectivity index (χ3v) is 4.27. The van der Waals surface area contributed by atoms with E-state index in [1.807, 2.05) is 9.80 Å². The smallest absolute Gasteiger partial charge is 0.254 e. The second-order valence-electron chi connectivity index (χ2n) is 5.78. The van der Waals surface area contributed by atoms with Crippen LogP contribution in [0.15, 0.2) is 12.4 Å². The van der Waals surface area contributed by atoms with E-state index in [2.05, 4.69) is 9.97 Å². The molecule has 0 N–H and O–H groups in total. The van der Waals surface area contributed by atoms with Gasteiger partial charge in [-0.25, -0.2) is 14.4 Å². The van der Waals surface area contributed by atoms with E-state index in [4.69, 9.17) is 31.4 Å². The van der Waals surface area contributed by atoms with Crippen LogP contribution in [0.2, 0.25) is 0 Å². The molecule has 0 saturated carbocycles. The number of hydrogen-bond acceptors (Lipinski definition) is 6. The molecule has 0 unspecified atom stereocenters. The monoisotopic (exact) mass is 343 g/mol. The fourth-order valence-corrected chi connectivity index (χ4v) is 2.94. The highest BCUT2D eigenvalue weighted by molar-refractivity contribution is 6.62. The number of anilines is 2. The van der Waals surface area contributed by atoms with Crippen LogP contribution >= 0.6 is 0 Å². The molecule has 2 heterocycles. The molecule has 12 heteroatoms. The Kier molecular flexibility index (Phi) is 4.93. The Balaban J connectivity index is 1.86. The van der Waals surface area contributed by atoms with E-state index < -0.39 is 16.4 Å². The van der Waals surface area contributed by atoms with Crippen LogP contribution in [-0.2, 0) is 0 Å². The highest BCUT2D eigenvalue weighted by atomic mass is 19.1. The molecular formula is C14H10B4FN5O2. The molecule has 0 amide bonds. The fourth-order valence-electron chi connectivity index (χ4n) is 2.94. The molecular weight excluding hydrogens is 332 g/mol. The molecule has 1 aliphatic heterocycles. The first-order chi connectivity index (χ1) is 12.3.